The summed E-state index contributed by atoms with van der Waals surface area (Å²) in [5.41, 5.74) is 1.41. The largest absolute Gasteiger partial charge is 0.330 e. The SMILES string of the molecule is O=Cc1nc(-c2ccc(Cl)c(Cl)c2)c(Br)[nH]1. The molecule has 82 valence electrons. The lowest BCUT2D eigenvalue weighted by molar-refractivity contribution is 0.111. The summed E-state index contributed by atoms with van der Waals surface area (Å²) in [5.74, 6) is 0.257. The van der Waals surface area contributed by atoms with Gasteiger partial charge in [-0.3, -0.25) is 4.79 Å². The van der Waals surface area contributed by atoms with Crippen molar-refractivity contribution in [1.29, 1.82) is 0 Å². The lowest BCUT2D eigenvalue weighted by atomic mass is 10.2. The number of nitrogens with one attached hydrogen (secondary N) is 1. The van der Waals surface area contributed by atoms with Gasteiger partial charge in [0.1, 0.15) is 10.3 Å². The van der Waals surface area contributed by atoms with Crippen LogP contribution >= 0.6 is 39.1 Å². The predicted octanol–water partition coefficient (Wildman–Crippen LogP) is 3.96. The molecule has 0 unspecified atom stereocenters. The fourth-order valence-corrected chi connectivity index (χ4v) is 2.08. The van der Waals surface area contributed by atoms with E-state index in [1.54, 1.807) is 18.2 Å². The number of benzene rings is 1. The van der Waals surface area contributed by atoms with Gasteiger partial charge in [0.05, 0.1) is 10.0 Å². The maximum Gasteiger partial charge on any atom is 0.185 e. The van der Waals surface area contributed by atoms with E-state index in [2.05, 4.69) is 25.9 Å². The minimum atomic E-state index is 0.257. The van der Waals surface area contributed by atoms with Gasteiger partial charge in [0.15, 0.2) is 12.1 Å². The molecule has 0 radical (unpaired) electrons. The van der Waals surface area contributed by atoms with E-state index in [1.165, 1.54) is 0 Å². The van der Waals surface area contributed by atoms with Crippen LogP contribution in [-0.4, -0.2) is 16.3 Å². The minimum Gasteiger partial charge on any atom is -0.330 e. The second-order valence-corrected chi connectivity index (χ2v) is 4.64. The first-order chi connectivity index (χ1) is 7.61. The van der Waals surface area contributed by atoms with Crippen LogP contribution < -0.4 is 0 Å². The van der Waals surface area contributed by atoms with Gasteiger partial charge in [-0.2, -0.15) is 0 Å². The third-order valence-electron chi connectivity index (χ3n) is 1.98. The Balaban J connectivity index is 2.53. The Labute approximate surface area is 110 Å². The van der Waals surface area contributed by atoms with Crippen LogP contribution in [0.5, 0.6) is 0 Å². The molecule has 0 atom stereocenters. The van der Waals surface area contributed by atoms with E-state index in [4.69, 9.17) is 23.2 Å². The lowest BCUT2D eigenvalue weighted by Gasteiger charge is -2.00. The fraction of sp³-hybridized carbons (Fsp3) is 0. The van der Waals surface area contributed by atoms with Crippen LogP contribution in [0.25, 0.3) is 11.3 Å². The molecule has 0 saturated heterocycles. The number of halogens is 3. The van der Waals surface area contributed by atoms with Crippen molar-refractivity contribution in [1.82, 2.24) is 9.97 Å². The molecule has 0 aliphatic carbocycles. The highest BCUT2D eigenvalue weighted by Crippen LogP contribution is 2.31. The zero-order valence-corrected chi connectivity index (χ0v) is 10.9. The standard InChI is InChI=1S/C10H5BrCl2N2O/c11-10-9(14-8(4-16)15-10)5-1-2-6(12)7(13)3-5/h1-4H,(H,14,15). The van der Waals surface area contributed by atoms with Gasteiger partial charge in [-0.15, -0.1) is 0 Å². The quantitative estimate of drug-likeness (QED) is 0.852. The number of aromatic amines is 1. The number of aromatic nitrogens is 2. The average molecular weight is 320 g/mol. The Kier molecular flexibility index (Phi) is 3.33. The van der Waals surface area contributed by atoms with Gasteiger partial charge in [-0.1, -0.05) is 29.3 Å². The number of carbonyl (C=O) groups excluding carboxylic acids is 1. The number of hydrogen-bond acceptors (Lipinski definition) is 2. The van der Waals surface area contributed by atoms with Gasteiger partial charge in [-0.05, 0) is 28.1 Å². The number of nitrogens with zero attached hydrogens (tertiary/aromatic N) is 1. The zero-order chi connectivity index (χ0) is 11.7. The van der Waals surface area contributed by atoms with E-state index in [9.17, 15) is 4.79 Å². The Morgan fingerprint density at radius 3 is 2.62 bits per heavy atom. The van der Waals surface area contributed by atoms with Gasteiger partial charge in [-0.25, -0.2) is 4.98 Å². The average Bonchev–Trinajstić information content (AvgIpc) is 2.64. The molecule has 0 amide bonds. The van der Waals surface area contributed by atoms with Crippen molar-refractivity contribution in [3.8, 4) is 11.3 Å². The van der Waals surface area contributed by atoms with E-state index < -0.39 is 0 Å². The van der Waals surface area contributed by atoms with Gasteiger partial charge in [0.2, 0.25) is 0 Å². The third-order valence-corrected chi connectivity index (χ3v) is 3.30. The normalized spacial score (nSPS) is 10.4. The highest BCUT2D eigenvalue weighted by Gasteiger charge is 2.10. The van der Waals surface area contributed by atoms with Gasteiger partial charge in [0, 0.05) is 5.56 Å². The highest BCUT2D eigenvalue weighted by molar-refractivity contribution is 9.10. The summed E-state index contributed by atoms with van der Waals surface area (Å²) < 4.78 is 0.632. The Hall–Kier alpha value is -0.840. The van der Waals surface area contributed by atoms with Crippen molar-refractivity contribution in [2.24, 2.45) is 0 Å². The molecule has 6 heteroatoms. The zero-order valence-electron chi connectivity index (χ0n) is 7.80. The van der Waals surface area contributed by atoms with E-state index >= 15 is 0 Å². The molecular weight excluding hydrogens is 315 g/mol. The second kappa shape index (κ2) is 4.57. The topological polar surface area (TPSA) is 45.8 Å². The van der Waals surface area contributed by atoms with Gasteiger partial charge >= 0.3 is 0 Å². The first kappa shape index (κ1) is 11.6. The summed E-state index contributed by atoms with van der Waals surface area (Å²) in [4.78, 5) is 17.4. The number of carbonyl (C=O) groups is 1. The summed E-state index contributed by atoms with van der Waals surface area (Å²) in [6.45, 7) is 0. The number of hydrogen-bond donors (Lipinski definition) is 1. The maximum absolute atomic E-state index is 10.6. The summed E-state index contributed by atoms with van der Waals surface area (Å²) in [6.07, 6.45) is 0.645. The number of aldehydes is 1. The molecule has 3 nitrogen and oxygen atoms in total. The summed E-state index contributed by atoms with van der Waals surface area (Å²) in [5, 5.41) is 0.925. The highest BCUT2D eigenvalue weighted by atomic mass is 79.9. The molecule has 1 aromatic carbocycles. The first-order valence-corrected chi connectivity index (χ1v) is 5.83. The molecule has 0 bridgehead atoms. The number of rotatable bonds is 2. The summed E-state index contributed by atoms with van der Waals surface area (Å²) in [7, 11) is 0. The fourth-order valence-electron chi connectivity index (χ4n) is 1.26. The molecule has 2 aromatic rings. The molecule has 0 fully saturated rings. The van der Waals surface area contributed by atoms with Crippen molar-refractivity contribution >= 4 is 45.4 Å². The monoisotopic (exact) mass is 318 g/mol. The smallest absolute Gasteiger partial charge is 0.185 e. The van der Waals surface area contributed by atoms with E-state index in [1.807, 2.05) is 0 Å². The number of imidazole rings is 1. The molecule has 1 heterocycles. The van der Waals surface area contributed by atoms with Crippen LogP contribution in [0.15, 0.2) is 22.8 Å². The molecule has 1 N–H and O–H groups in total. The van der Waals surface area contributed by atoms with Gasteiger partial charge < -0.3 is 4.98 Å². The molecule has 1 aromatic heterocycles. The van der Waals surface area contributed by atoms with Crippen LogP contribution in [0.2, 0.25) is 10.0 Å². The Bertz CT molecular complexity index is 554. The first-order valence-electron chi connectivity index (χ1n) is 4.28. The molecule has 0 aliphatic rings. The van der Waals surface area contributed by atoms with Crippen molar-refractivity contribution in [3.05, 3.63) is 38.7 Å². The predicted molar refractivity (Wildman–Crippen MR) is 67.1 cm³/mol. The maximum atomic E-state index is 10.6. The molecule has 0 saturated carbocycles. The van der Waals surface area contributed by atoms with Crippen LogP contribution in [0, 0.1) is 0 Å². The molecule has 16 heavy (non-hydrogen) atoms. The Morgan fingerprint density at radius 1 is 1.31 bits per heavy atom. The van der Waals surface area contributed by atoms with Crippen LogP contribution in [0.1, 0.15) is 10.6 Å². The summed E-state index contributed by atoms with van der Waals surface area (Å²) in [6, 6.07) is 5.16. The molecule has 2 rings (SSSR count). The third kappa shape index (κ3) is 2.14. The van der Waals surface area contributed by atoms with E-state index in [0.29, 0.717) is 26.6 Å². The van der Waals surface area contributed by atoms with Crippen LogP contribution in [0.4, 0.5) is 0 Å². The van der Waals surface area contributed by atoms with Crippen LogP contribution in [0.3, 0.4) is 0 Å². The number of H-pyrrole nitrogens is 1. The minimum absolute atomic E-state index is 0.257. The Morgan fingerprint density at radius 2 is 2.06 bits per heavy atom. The second-order valence-electron chi connectivity index (χ2n) is 3.03. The van der Waals surface area contributed by atoms with Crippen molar-refractivity contribution in [2.75, 3.05) is 0 Å². The van der Waals surface area contributed by atoms with Crippen molar-refractivity contribution in [2.45, 2.75) is 0 Å². The van der Waals surface area contributed by atoms with Crippen LogP contribution in [-0.2, 0) is 0 Å². The molecule has 0 spiro atoms. The van der Waals surface area contributed by atoms with Gasteiger partial charge in [0.25, 0.3) is 0 Å². The summed E-state index contributed by atoms with van der Waals surface area (Å²) >= 11 is 15.0. The van der Waals surface area contributed by atoms with Crippen molar-refractivity contribution < 1.29 is 4.79 Å². The lowest BCUT2D eigenvalue weighted by Crippen LogP contribution is -1.82. The molecular formula is C10H5BrCl2N2O. The van der Waals surface area contributed by atoms with E-state index in [-0.39, 0.29) is 5.82 Å². The van der Waals surface area contributed by atoms with E-state index in [0.717, 1.165) is 5.56 Å². The molecule has 0 aliphatic heterocycles. The van der Waals surface area contributed by atoms with Crippen molar-refractivity contribution in [3.63, 3.8) is 0 Å².